The van der Waals surface area contributed by atoms with Crippen molar-refractivity contribution in [3.63, 3.8) is 0 Å². The molecule has 2 fully saturated rings. The third-order valence-corrected chi connectivity index (χ3v) is 4.46. The molecule has 114 valence electrons. The molecule has 3 rings (SSSR count). The van der Waals surface area contributed by atoms with Gasteiger partial charge >= 0.3 is 0 Å². The van der Waals surface area contributed by atoms with Gasteiger partial charge in [0.2, 0.25) is 0 Å². The summed E-state index contributed by atoms with van der Waals surface area (Å²) in [5.74, 6) is 1.60. The Labute approximate surface area is 126 Å². The number of anilines is 1. The van der Waals surface area contributed by atoms with Gasteiger partial charge in [0.1, 0.15) is 12.1 Å². The molecular formula is C16H25N5. The fourth-order valence-corrected chi connectivity index (χ4v) is 3.18. The van der Waals surface area contributed by atoms with Gasteiger partial charge in [0.05, 0.1) is 0 Å². The van der Waals surface area contributed by atoms with Gasteiger partial charge in [-0.1, -0.05) is 12.2 Å². The molecule has 0 atom stereocenters. The van der Waals surface area contributed by atoms with Crippen molar-refractivity contribution in [1.29, 1.82) is 0 Å². The van der Waals surface area contributed by atoms with E-state index in [0.29, 0.717) is 12.0 Å². The summed E-state index contributed by atoms with van der Waals surface area (Å²) >= 11 is 0. The summed E-state index contributed by atoms with van der Waals surface area (Å²) in [4.78, 5) is 13.7. The van der Waals surface area contributed by atoms with E-state index in [0.717, 1.165) is 57.1 Å². The summed E-state index contributed by atoms with van der Waals surface area (Å²) in [5.41, 5.74) is 8.26. The van der Waals surface area contributed by atoms with E-state index in [2.05, 4.69) is 39.3 Å². The van der Waals surface area contributed by atoms with Crippen molar-refractivity contribution in [2.24, 2.45) is 5.73 Å². The number of piperazine rings is 1. The van der Waals surface area contributed by atoms with Crippen molar-refractivity contribution < 1.29 is 0 Å². The quantitative estimate of drug-likeness (QED) is 0.848. The second-order valence-electron chi connectivity index (χ2n) is 6.45. The smallest absolute Gasteiger partial charge is 0.132 e. The van der Waals surface area contributed by atoms with Gasteiger partial charge in [0, 0.05) is 56.4 Å². The molecule has 2 aliphatic rings. The average molecular weight is 287 g/mol. The van der Waals surface area contributed by atoms with Crippen LogP contribution in [0.2, 0.25) is 0 Å². The van der Waals surface area contributed by atoms with Crippen LogP contribution in [0, 0.1) is 0 Å². The van der Waals surface area contributed by atoms with Gasteiger partial charge in [-0.15, -0.1) is 0 Å². The molecule has 1 aromatic heterocycles. The van der Waals surface area contributed by atoms with Gasteiger partial charge < -0.3 is 10.6 Å². The van der Waals surface area contributed by atoms with Gasteiger partial charge in [-0.2, -0.15) is 0 Å². The SMILES string of the molecule is C=C(C)CN1CCN(c2cc(C3CC(N)C3)ncn2)CC1. The molecular weight excluding hydrogens is 262 g/mol. The molecule has 21 heavy (non-hydrogen) atoms. The van der Waals surface area contributed by atoms with Crippen molar-refractivity contribution in [2.75, 3.05) is 37.6 Å². The average Bonchev–Trinajstić information content (AvgIpc) is 2.44. The van der Waals surface area contributed by atoms with Crippen LogP contribution in [-0.2, 0) is 0 Å². The Kier molecular flexibility index (Phi) is 4.22. The first kappa shape index (κ1) is 14.5. The van der Waals surface area contributed by atoms with Crippen molar-refractivity contribution in [2.45, 2.75) is 31.7 Å². The molecule has 1 aliphatic heterocycles. The van der Waals surface area contributed by atoms with Gasteiger partial charge in [-0.05, 0) is 19.8 Å². The lowest BCUT2D eigenvalue weighted by Crippen LogP contribution is -2.47. The second-order valence-corrected chi connectivity index (χ2v) is 6.45. The van der Waals surface area contributed by atoms with Crippen LogP contribution >= 0.6 is 0 Å². The van der Waals surface area contributed by atoms with Crippen LogP contribution in [0.25, 0.3) is 0 Å². The van der Waals surface area contributed by atoms with Crippen LogP contribution in [0.1, 0.15) is 31.4 Å². The summed E-state index contributed by atoms with van der Waals surface area (Å²) in [7, 11) is 0. The van der Waals surface area contributed by atoms with Crippen LogP contribution in [0.15, 0.2) is 24.5 Å². The number of nitrogens with two attached hydrogens (primary N) is 1. The molecule has 5 nitrogen and oxygen atoms in total. The molecule has 2 heterocycles. The zero-order chi connectivity index (χ0) is 14.8. The van der Waals surface area contributed by atoms with E-state index in [9.17, 15) is 0 Å². The Bertz CT molecular complexity index is 501. The number of rotatable bonds is 4. The standard InChI is InChI=1S/C16H25N5/c1-12(2)10-20-3-5-21(6-4-20)16-9-15(18-11-19-16)13-7-14(17)8-13/h9,11,13-14H,1,3-8,10,17H2,2H3. The molecule has 5 heteroatoms. The largest absolute Gasteiger partial charge is 0.354 e. The van der Waals surface area contributed by atoms with Gasteiger partial charge in [0.15, 0.2) is 0 Å². The first-order chi connectivity index (χ1) is 10.1. The molecule has 1 saturated carbocycles. The van der Waals surface area contributed by atoms with E-state index in [1.807, 2.05) is 0 Å². The summed E-state index contributed by atoms with van der Waals surface area (Å²) < 4.78 is 0. The zero-order valence-corrected chi connectivity index (χ0v) is 12.8. The normalized spacial score (nSPS) is 26.5. The first-order valence-corrected chi connectivity index (χ1v) is 7.81. The molecule has 0 aromatic carbocycles. The summed E-state index contributed by atoms with van der Waals surface area (Å²) in [6.45, 7) is 11.3. The Morgan fingerprint density at radius 1 is 1.29 bits per heavy atom. The van der Waals surface area contributed by atoms with E-state index < -0.39 is 0 Å². The predicted molar refractivity (Wildman–Crippen MR) is 85.4 cm³/mol. The van der Waals surface area contributed by atoms with E-state index in [1.165, 1.54) is 5.57 Å². The molecule has 2 N–H and O–H groups in total. The Hall–Kier alpha value is -1.46. The van der Waals surface area contributed by atoms with Crippen LogP contribution in [-0.4, -0.2) is 53.6 Å². The van der Waals surface area contributed by atoms with Gasteiger partial charge in [-0.25, -0.2) is 9.97 Å². The van der Waals surface area contributed by atoms with Gasteiger partial charge in [-0.3, -0.25) is 4.90 Å². The third-order valence-electron chi connectivity index (χ3n) is 4.46. The molecule has 0 bridgehead atoms. The lowest BCUT2D eigenvalue weighted by Gasteiger charge is -2.36. The predicted octanol–water partition coefficient (Wildman–Crippen LogP) is 1.38. The summed E-state index contributed by atoms with van der Waals surface area (Å²) in [6, 6.07) is 2.52. The maximum atomic E-state index is 5.88. The van der Waals surface area contributed by atoms with E-state index in [4.69, 9.17) is 5.73 Å². The molecule has 0 unspecified atom stereocenters. The van der Waals surface area contributed by atoms with Gasteiger partial charge in [0.25, 0.3) is 0 Å². The van der Waals surface area contributed by atoms with Crippen LogP contribution in [0.5, 0.6) is 0 Å². The zero-order valence-electron chi connectivity index (χ0n) is 12.8. The van der Waals surface area contributed by atoms with Crippen LogP contribution in [0.4, 0.5) is 5.82 Å². The van der Waals surface area contributed by atoms with Crippen molar-refractivity contribution in [3.05, 3.63) is 30.2 Å². The highest BCUT2D eigenvalue weighted by Crippen LogP contribution is 2.35. The van der Waals surface area contributed by atoms with E-state index in [1.54, 1.807) is 6.33 Å². The minimum Gasteiger partial charge on any atom is -0.354 e. The fraction of sp³-hybridized carbons (Fsp3) is 0.625. The summed E-state index contributed by atoms with van der Waals surface area (Å²) in [5, 5.41) is 0. The van der Waals surface area contributed by atoms with E-state index >= 15 is 0 Å². The number of hydrogen-bond donors (Lipinski definition) is 1. The maximum Gasteiger partial charge on any atom is 0.132 e. The maximum absolute atomic E-state index is 5.88. The van der Waals surface area contributed by atoms with Crippen molar-refractivity contribution in [3.8, 4) is 0 Å². The monoisotopic (exact) mass is 287 g/mol. The van der Waals surface area contributed by atoms with Crippen molar-refractivity contribution >= 4 is 5.82 Å². The van der Waals surface area contributed by atoms with Crippen LogP contribution < -0.4 is 10.6 Å². The van der Waals surface area contributed by atoms with Crippen molar-refractivity contribution in [1.82, 2.24) is 14.9 Å². The topological polar surface area (TPSA) is 58.3 Å². The number of nitrogens with zero attached hydrogens (tertiary/aromatic N) is 4. The summed E-state index contributed by atoms with van der Waals surface area (Å²) in [6.07, 6.45) is 3.82. The first-order valence-electron chi connectivity index (χ1n) is 7.81. The number of aromatic nitrogens is 2. The van der Waals surface area contributed by atoms with E-state index in [-0.39, 0.29) is 0 Å². The van der Waals surface area contributed by atoms with Crippen LogP contribution in [0.3, 0.4) is 0 Å². The molecule has 0 spiro atoms. The highest BCUT2D eigenvalue weighted by atomic mass is 15.3. The second kappa shape index (κ2) is 6.12. The Morgan fingerprint density at radius 2 is 2.00 bits per heavy atom. The number of hydrogen-bond acceptors (Lipinski definition) is 5. The molecule has 0 radical (unpaired) electrons. The molecule has 1 aromatic rings. The molecule has 0 amide bonds. The Morgan fingerprint density at radius 3 is 2.62 bits per heavy atom. The highest BCUT2D eigenvalue weighted by Gasteiger charge is 2.29. The third kappa shape index (κ3) is 3.41. The Balaban J connectivity index is 1.60. The molecule has 1 aliphatic carbocycles. The lowest BCUT2D eigenvalue weighted by atomic mass is 9.78. The fourth-order valence-electron chi connectivity index (χ4n) is 3.18. The molecule has 1 saturated heterocycles. The lowest BCUT2D eigenvalue weighted by molar-refractivity contribution is 0.277. The minimum absolute atomic E-state index is 0.360. The highest BCUT2D eigenvalue weighted by molar-refractivity contribution is 5.40. The minimum atomic E-state index is 0.360.